The molecule has 0 aromatic heterocycles. The summed E-state index contributed by atoms with van der Waals surface area (Å²) in [4.78, 5) is 72.9. The van der Waals surface area contributed by atoms with Gasteiger partial charge >= 0.3 is 0 Å². The molecule has 1 aromatic rings. The second kappa shape index (κ2) is 21.4. The Balaban J connectivity index is 2.27. The number of nitrogens with one attached hydrogen (secondary N) is 2. The molecule has 1 fully saturated rings. The number of methoxy groups -OCH3 is 2. The predicted octanol–water partition coefficient (Wildman–Crippen LogP) is 2.85. The Hall–Kier alpha value is -3.55. The Morgan fingerprint density at radius 1 is 0.906 bits per heavy atom. The molecule has 0 spiro atoms. The highest BCUT2D eigenvalue weighted by molar-refractivity contribution is 5.90. The van der Waals surface area contributed by atoms with E-state index in [2.05, 4.69) is 10.6 Å². The van der Waals surface area contributed by atoms with E-state index in [9.17, 15) is 24.0 Å². The van der Waals surface area contributed by atoms with Crippen LogP contribution in [0, 0.1) is 23.7 Å². The molecule has 0 radical (unpaired) electrons. The first-order chi connectivity index (χ1) is 24.9. The quantitative estimate of drug-likeness (QED) is 0.173. The number of amides is 5. The van der Waals surface area contributed by atoms with Gasteiger partial charge in [0.05, 0.1) is 42.7 Å². The summed E-state index contributed by atoms with van der Waals surface area (Å²) in [7, 11) is 8.50. The molecule has 1 saturated heterocycles. The maximum Gasteiger partial charge on any atom is 0.245 e. The molecule has 4 N–H and O–H groups in total. The summed E-state index contributed by atoms with van der Waals surface area (Å²) >= 11 is 0. The van der Waals surface area contributed by atoms with Crippen LogP contribution in [0.3, 0.4) is 0 Å². The third-order valence-electron chi connectivity index (χ3n) is 10.9. The molecule has 0 saturated carbocycles. The van der Waals surface area contributed by atoms with Crippen molar-refractivity contribution in [1.29, 1.82) is 0 Å². The van der Waals surface area contributed by atoms with E-state index >= 15 is 0 Å². The molecule has 9 atom stereocenters. The van der Waals surface area contributed by atoms with Crippen molar-refractivity contribution in [3.8, 4) is 0 Å². The van der Waals surface area contributed by atoms with Crippen LogP contribution in [0.1, 0.15) is 79.7 Å². The molecule has 5 amide bonds. The highest BCUT2D eigenvalue weighted by Crippen LogP contribution is 2.30. The number of hydrogen-bond donors (Lipinski definition) is 3. The van der Waals surface area contributed by atoms with Gasteiger partial charge in [0.2, 0.25) is 29.5 Å². The summed E-state index contributed by atoms with van der Waals surface area (Å²) in [6.07, 6.45) is 1.07. The van der Waals surface area contributed by atoms with Crippen molar-refractivity contribution in [3.63, 3.8) is 0 Å². The summed E-state index contributed by atoms with van der Waals surface area (Å²) in [5.41, 5.74) is 6.54. The van der Waals surface area contributed by atoms with Crippen molar-refractivity contribution < 1.29 is 33.4 Å². The lowest BCUT2D eigenvalue weighted by Crippen LogP contribution is -2.59. The van der Waals surface area contributed by atoms with E-state index in [1.54, 1.807) is 30.9 Å². The van der Waals surface area contributed by atoms with Gasteiger partial charge in [-0.1, -0.05) is 85.2 Å². The Morgan fingerprint density at radius 2 is 1.53 bits per heavy atom. The molecule has 0 bridgehead atoms. The fraction of sp³-hybridized carbons (Fsp3) is 0.725. The van der Waals surface area contributed by atoms with Crippen molar-refractivity contribution in [2.45, 2.75) is 123 Å². The number of rotatable bonds is 21. The molecular formula is C40H68N6O7. The van der Waals surface area contributed by atoms with Gasteiger partial charge in [-0.05, 0) is 50.3 Å². The van der Waals surface area contributed by atoms with Crippen LogP contribution < -0.4 is 16.4 Å². The zero-order chi connectivity index (χ0) is 40.2. The van der Waals surface area contributed by atoms with Crippen molar-refractivity contribution in [2.24, 2.45) is 29.4 Å². The normalized spacial score (nSPS) is 19.2. The van der Waals surface area contributed by atoms with E-state index in [0.29, 0.717) is 13.0 Å². The minimum atomic E-state index is -0.904. The average molecular weight is 745 g/mol. The summed E-state index contributed by atoms with van der Waals surface area (Å²) in [5, 5.41) is 5.84. The minimum Gasteiger partial charge on any atom is -0.379 e. The molecule has 0 aliphatic carbocycles. The average Bonchev–Trinajstić information content (AvgIpc) is 3.59. The second-order valence-electron chi connectivity index (χ2n) is 15.6. The van der Waals surface area contributed by atoms with Crippen molar-refractivity contribution >= 4 is 29.5 Å². The van der Waals surface area contributed by atoms with Crippen LogP contribution in [-0.2, 0) is 39.9 Å². The number of carbonyl (C=O) groups excluding carboxylic acids is 5. The summed E-state index contributed by atoms with van der Waals surface area (Å²) in [6, 6.07) is 6.40. The van der Waals surface area contributed by atoms with Gasteiger partial charge in [-0.2, -0.15) is 0 Å². The second-order valence-corrected chi connectivity index (χ2v) is 15.6. The van der Waals surface area contributed by atoms with Gasteiger partial charge in [-0.25, -0.2) is 0 Å². The van der Waals surface area contributed by atoms with Gasteiger partial charge in [0, 0.05) is 34.2 Å². The molecule has 300 valence electrons. The van der Waals surface area contributed by atoms with Gasteiger partial charge in [0.1, 0.15) is 12.1 Å². The standard InChI is InChI=1S/C40H68N6O7/c1-13-26(6)35(45(10)40(51)33(24(2)3)43-39(50)34(25(4)5)44(8)9)31(52-11)23-32(47)46-21-17-20-30(46)36(53-12)27(7)38(49)42-29(37(41)48)22-28-18-15-14-16-19-28/h14-16,18-19,24-27,29-31,33-36H,13,17,20-23H2,1-12H3,(H2,41,48)(H,42,49)(H,43,50)/t26?,27-,29+,30+,31?,33+,34+,35+,36-/m1/s1. The van der Waals surface area contributed by atoms with Crippen molar-refractivity contribution in [1.82, 2.24) is 25.3 Å². The van der Waals surface area contributed by atoms with E-state index in [1.807, 2.05) is 90.9 Å². The molecule has 13 nitrogen and oxygen atoms in total. The first-order valence-electron chi connectivity index (χ1n) is 19.1. The smallest absolute Gasteiger partial charge is 0.245 e. The Labute approximate surface area is 318 Å². The van der Waals surface area contributed by atoms with Crippen LogP contribution in [-0.4, -0.2) is 129 Å². The molecule has 1 heterocycles. The topological polar surface area (TPSA) is 164 Å². The van der Waals surface area contributed by atoms with Crippen LogP contribution in [0.5, 0.6) is 0 Å². The molecule has 2 unspecified atom stereocenters. The Kier molecular flexibility index (Phi) is 18.4. The van der Waals surface area contributed by atoms with Crippen LogP contribution >= 0.6 is 0 Å². The largest absolute Gasteiger partial charge is 0.379 e. The van der Waals surface area contributed by atoms with Gasteiger partial charge < -0.3 is 35.6 Å². The van der Waals surface area contributed by atoms with E-state index in [-0.39, 0.29) is 60.3 Å². The molecule has 53 heavy (non-hydrogen) atoms. The van der Waals surface area contributed by atoms with E-state index in [0.717, 1.165) is 18.4 Å². The SMILES string of the molecule is CCC(C)[C@@H](C(CC(=O)N1CCC[C@H]1[C@H](OC)[C@@H](C)C(=O)N[C@@H](Cc1ccccc1)C(N)=O)OC)N(C)C(=O)[C@@H](NC(=O)[C@H](C(C)C)N(C)C)C(C)C. The van der Waals surface area contributed by atoms with Crippen LogP contribution in [0.15, 0.2) is 30.3 Å². The number of carbonyl (C=O) groups is 5. The zero-order valence-electron chi connectivity index (χ0n) is 34.3. The van der Waals surface area contributed by atoms with Gasteiger partial charge in [0.15, 0.2) is 0 Å². The Bertz CT molecular complexity index is 1330. The highest BCUT2D eigenvalue weighted by atomic mass is 16.5. The van der Waals surface area contributed by atoms with Gasteiger partial charge in [-0.3, -0.25) is 28.9 Å². The highest BCUT2D eigenvalue weighted by Gasteiger charge is 2.43. The number of likely N-dealkylation sites (N-methyl/N-ethyl adjacent to an activating group) is 2. The van der Waals surface area contributed by atoms with Crippen LogP contribution in [0.25, 0.3) is 0 Å². The molecule has 13 heteroatoms. The monoisotopic (exact) mass is 745 g/mol. The number of benzene rings is 1. The number of hydrogen-bond acceptors (Lipinski definition) is 8. The zero-order valence-corrected chi connectivity index (χ0v) is 34.3. The number of likely N-dealkylation sites (tertiary alicyclic amines) is 1. The van der Waals surface area contributed by atoms with Gasteiger partial charge in [-0.15, -0.1) is 0 Å². The number of ether oxygens (including phenoxy) is 2. The molecular weight excluding hydrogens is 676 g/mol. The number of primary amides is 1. The third-order valence-corrected chi connectivity index (χ3v) is 10.9. The first-order valence-corrected chi connectivity index (χ1v) is 19.1. The lowest BCUT2D eigenvalue weighted by molar-refractivity contribution is -0.148. The number of nitrogens with two attached hydrogens (primary N) is 1. The van der Waals surface area contributed by atoms with Crippen molar-refractivity contribution in [3.05, 3.63) is 35.9 Å². The lowest BCUT2D eigenvalue weighted by Gasteiger charge is -2.41. The maximum atomic E-state index is 14.2. The third kappa shape index (κ3) is 12.2. The molecule has 1 aliphatic rings. The van der Waals surface area contributed by atoms with Gasteiger partial charge in [0.25, 0.3) is 0 Å². The lowest BCUT2D eigenvalue weighted by atomic mass is 9.89. The molecule has 2 rings (SSSR count). The van der Waals surface area contributed by atoms with Crippen LogP contribution in [0.2, 0.25) is 0 Å². The predicted molar refractivity (Wildman–Crippen MR) is 206 cm³/mol. The van der Waals surface area contributed by atoms with E-state index in [4.69, 9.17) is 15.2 Å². The van der Waals surface area contributed by atoms with Crippen molar-refractivity contribution in [2.75, 3.05) is 41.9 Å². The first kappa shape index (κ1) is 45.6. The minimum absolute atomic E-state index is 0.00617. The fourth-order valence-corrected chi connectivity index (χ4v) is 7.79. The summed E-state index contributed by atoms with van der Waals surface area (Å²) in [6.45, 7) is 14.0. The summed E-state index contributed by atoms with van der Waals surface area (Å²) in [5.74, 6) is -2.51. The molecule has 1 aromatic carbocycles. The molecule has 1 aliphatic heterocycles. The van der Waals surface area contributed by atoms with Crippen LogP contribution in [0.4, 0.5) is 0 Å². The summed E-state index contributed by atoms with van der Waals surface area (Å²) < 4.78 is 11.9. The Morgan fingerprint density at radius 3 is 2.02 bits per heavy atom. The maximum absolute atomic E-state index is 14.2. The fourth-order valence-electron chi connectivity index (χ4n) is 7.79. The van der Waals surface area contributed by atoms with E-state index < -0.39 is 48.2 Å². The van der Waals surface area contributed by atoms with E-state index in [1.165, 1.54) is 7.11 Å². The number of nitrogens with zero attached hydrogens (tertiary/aromatic N) is 3.